The number of nitrogens with zero attached hydrogens (tertiary/aromatic N) is 1. The molecule has 0 aliphatic carbocycles. The van der Waals surface area contributed by atoms with Crippen molar-refractivity contribution in [3.63, 3.8) is 0 Å². The Morgan fingerprint density at radius 3 is 2.88 bits per heavy atom. The van der Waals surface area contributed by atoms with Crippen LogP contribution in [0.1, 0.15) is 23.7 Å². The van der Waals surface area contributed by atoms with Crippen molar-refractivity contribution >= 4 is 11.7 Å². The maximum Gasteiger partial charge on any atom is 0.253 e. The number of hydrogen-bond donors (Lipinski definition) is 2. The van der Waals surface area contributed by atoms with Crippen LogP contribution in [0.25, 0.3) is 0 Å². The van der Waals surface area contributed by atoms with E-state index in [1.54, 1.807) is 25.4 Å². The van der Waals surface area contributed by atoms with Crippen LogP contribution < -0.4 is 10.6 Å². The second-order valence-corrected chi connectivity index (χ2v) is 4.50. The molecule has 5 nitrogen and oxygen atoms in total. The Bertz CT molecular complexity index is 397. The van der Waals surface area contributed by atoms with E-state index in [1.807, 2.05) is 6.92 Å². The fourth-order valence-electron chi connectivity index (χ4n) is 1.79. The Morgan fingerprint density at radius 1 is 1.53 bits per heavy atom. The highest BCUT2D eigenvalue weighted by molar-refractivity contribution is 5.94. The fourth-order valence-corrected chi connectivity index (χ4v) is 1.79. The van der Waals surface area contributed by atoms with Crippen molar-refractivity contribution < 1.29 is 9.53 Å². The summed E-state index contributed by atoms with van der Waals surface area (Å²) in [6, 6.07) is 3.54. The van der Waals surface area contributed by atoms with Gasteiger partial charge in [-0.25, -0.2) is 4.98 Å². The van der Waals surface area contributed by atoms with Gasteiger partial charge in [0.25, 0.3) is 5.91 Å². The van der Waals surface area contributed by atoms with Crippen molar-refractivity contribution in [2.75, 3.05) is 25.6 Å². The molecule has 1 aliphatic rings. The summed E-state index contributed by atoms with van der Waals surface area (Å²) in [6.07, 6.45) is 2.42. The maximum atomic E-state index is 12.0. The van der Waals surface area contributed by atoms with Crippen LogP contribution in [0.5, 0.6) is 0 Å². The third-order valence-corrected chi connectivity index (χ3v) is 2.92. The van der Waals surface area contributed by atoms with Gasteiger partial charge in [-0.2, -0.15) is 0 Å². The predicted molar refractivity (Wildman–Crippen MR) is 65.1 cm³/mol. The van der Waals surface area contributed by atoms with E-state index in [0.29, 0.717) is 18.8 Å². The SMILES string of the molecule is CNc1ccc(C(=O)NC2(C)CCOC2)cn1. The van der Waals surface area contributed by atoms with Crippen LogP contribution in [0.15, 0.2) is 18.3 Å². The standard InChI is InChI=1S/C12H17N3O2/c1-12(5-6-17-8-12)15-11(16)9-3-4-10(13-2)14-7-9/h3-4,7H,5-6,8H2,1-2H3,(H,13,14)(H,15,16). The van der Waals surface area contributed by atoms with E-state index >= 15 is 0 Å². The van der Waals surface area contributed by atoms with E-state index in [-0.39, 0.29) is 11.4 Å². The quantitative estimate of drug-likeness (QED) is 0.821. The summed E-state index contributed by atoms with van der Waals surface area (Å²) in [7, 11) is 1.79. The van der Waals surface area contributed by atoms with Crippen molar-refractivity contribution in [1.82, 2.24) is 10.3 Å². The lowest BCUT2D eigenvalue weighted by Gasteiger charge is -2.23. The lowest BCUT2D eigenvalue weighted by atomic mass is 10.0. The van der Waals surface area contributed by atoms with Crippen molar-refractivity contribution in [2.45, 2.75) is 18.9 Å². The summed E-state index contributed by atoms with van der Waals surface area (Å²) in [5.41, 5.74) is 0.316. The minimum absolute atomic E-state index is 0.104. The molecule has 0 radical (unpaired) electrons. The van der Waals surface area contributed by atoms with Crippen LogP contribution >= 0.6 is 0 Å². The third-order valence-electron chi connectivity index (χ3n) is 2.92. The maximum absolute atomic E-state index is 12.0. The van der Waals surface area contributed by atoms with Crippen LogP contribution in [0.4, 0.5) is 5.82 Å². The van der Waals surface area contributed by atoms with Crippen molar-refractivity contribution in [1.29, 1.82) is 0 Å². The number of rotatable bonds is 3. The molecule has 0 aromatic carbocycles. The van der Waals surface area contributed by atoms with Crippen molar-refractivity contribution in [3.05, 3.63) is 23.9 Å². The zero-order valence-electron chi connectivity index (χ0n) is 10.1. The van der Waals surface area contributed by atoms with Gasteiger partial charge in [0, 0.05) is 19.9 Å². The van der Waals surface area contributed by atoms with Crippen LogP contribution in [-0.2, 0) is 4.74 Å². The van der Waals surface area contributed by atoms with E-state index in [4.69, 9.17) is 4.74 Å². The molecule has 1 amide bonds. The molecular formula is C12H17N3O2. The van der Waals surface area contributed by atoms with Crippen molar-refractivity contribution in [2.24, 2.45) is 0 Å². The molecule has 1 aliphatic heterocycles. The molecule has 92 valence electrons. The zero-order valence-corrected chi connectivity index (χ0v) is 10.1. The number of amides is 1. The summed E-state index contributed by atoms with van der Waals surface area (Å²) >= 11 is 0. The lowest BCUT2D eigenvalue weighted by Crippen LogP contribution is -2.46. The van der Waals surface area contributed by atoms with Gasteiger partial charge in [-0.15, -0.1) is 0 Å². The van der Waals surface area contributed by atoms with Crippen LogP contribution in [-0.4, -0.2) is 36.7 Å². The Labute approximate surface area is 101 Å². The van der Waals surface area contributed by atoms with Gasteiger partial charge in [0.1, 0.15) is 5.82 Å². The molecule has 1 aromatic rings. The first-order chi connectivity index (χ1) is 8.13. The second-order valence-electron chi connectivity index (χ2n) is 4.50. The predicted octanol–water partition coefficient (Wildman–Crippen LogP) is 1.03. The van der Waals surface area contributed by atoms with Crippen molar-refractivity contribution in [3.8, 4) is 0 Å². The Hall–Kier alpha value is -1.62. The molecule has 0 bridgehead atoms. The normalized spacial score (nSPS) is 23.4. The van der Waals surface area contributed by atoms with E-state index in [0.717, 1.165) is 12.2 Å². The zero-order chi connectivity index (χ0) is 12.3. The summed E-state index contributed by atoms with van der Waals surface area (Å²) in [5.74, 6) is 0.644. The van der Waals surface area contributed by atoms with Gasteiger partial charge in [0.05, 0.1) is 17.7 Å². The Kier molecular flexibility index (Phi) is 3.28. The molecule has 0 saturated carbocycles. The van der Waals surface area contributed by atoms with Gasteiger partial charge >= 0.3 is 0 Å². The Morgan fingerprint density at radius 2 is 2.35 bits per heavy atom. The lowest BCUT2D eigenvalue weighted by molar-refractivity contribution is 0.0889. The summed E-state index contributed by atoms with van der Waals surface area (Å²) < 4.78 is 5.29. The molecular weight excluding hydrogens is 218 g/mol. The van der Waals surface area contributed by atoms with E-state index < -0.39 is 0 Å². The number of carbonyl (C=O) groups excluding carboxylic acids is 1. The first kappa shape index (κ1) is 11.9. The minimum Gasteiger partial charge on any atom is -0.379 e. The summed E-state index contributed by atoms with van der Waals surface area (Å²) in [4.78, 5) is 16.1. The van der Waals surface area contributed by atoms with E-state index in [1.165, 1.54) is 0 Å². The van der Waals surface area contributed by atoms with Gasteiger partial charge in [0.2, 0.25) is 0 Å². The van der Waals surface area contributed by atoms with Crippen LogP contribution in [0.3, 0.4) is 0 Å². The summed E-state index contributed by atoms with van der Waals surface area (Å²) in [5, 5.41) is 5.90. The average molecular weight is 235 g/mol. The topological polar surface area (TPSA) is 63.2 Å². The largest absolute Gasteiger partial charge is 0.379 e. The first-order valence-electron chi connectivity index (χ1n) is 5.67. The number of pyridine rings is 1. The molecule has 2 N–H and O–H groups in total. The Balaban J connectivity index is 2.03. The average Bonchev–Trinajstić information content (AvgIpc) is 2.76. The highest BCUT2D eigenvalue weighted by Gasteiger charge is 2.31. The molecule has 1 aromatic heterocycles. The molecule has 1 fully saturated rings. The van der Waals surface area contributed by atoms with Crippen LogP contribution in [0.2, 0.25) is 0 Å². The van der Waals surface area contributed by atoms with Gasteiger partial charge < -0.3 is 15.4 Å². The number of ether oxygens (including phenoxy) is 1. The number of hydrogen-bond acceptors (Lipinski definition) is 4. The fraction of sp³-hybridized carbons (Fsp3) is 0.500. The minimum atomic E-state index is -0.251. The molecule has 1 saturated heterocycles. The molecule has 2 rings (SSSR count). The number of aromatic nitrogens is 1. The van der Waals surface area contributed by atoms with Gasteiger partial charge in [-0.05, 0) is 25.5 Å². The molecule has 1 unspecified atom stereocenters. The van der Waals surface area contributed by atoms with E-state index in [2.05, 4.69) is 15.6 Å². The van der Waals surface area contributed by atoms with Crippen LogP contribution in [0, 0.1) is 0 Å². The first-order valence-corrected chi connectivity index (χ1v) is 5.67. The monoisotopic (exact) mass is 235 g/mol. The molecule has 2 heterocycles. The molecule has 17 heavy (non-hydrogen) atoms. The number of carbonyl (C=O) groups is 1. The van der Waals surface area contributed by atoms with Gasteiger partial charge in [0.15, 0.2) is 0 Å². The summed E-state index contributed by atoms with van der Waals surface area (Å²) in [6.45, 7) is 3.27. The highest BCUT2D eigenvalue weighted by Crippen LogP contribution is 2.18. The second kappa shape index (κ2) is 4.71. The molecule has 1 atom stereocenters. The van der Waals surface area contributed by atoms with Gasteiger partial charge in [-0.1, -0.05) is 0 Å². The third kappa shape index (κ3) is 2.74. The number of anilines is 1. The molecule has 0 spiro atoms. The highest BCUT2D eigenvalue weighted by atomic mass is 16.5. The van der Waals surface area contributed by atoms with Gasteiger partial charge in [-0.3, -0.25) is 4.79 Å². The van der Waals surface area contributed by atoms with E-state index in [9.17, 15) is 4.79 Å². The molecule has 5 heteroatoms. The smallest absolute Gasteiger partial charge is 0.253 e. The number of nitrogens with one attached hydrogen (secondary N) is 2.